The Morgan fingerprint density at radius 1 is 1.60 bits per heavy atom. The molecule has 0 spiro atoms. The van der Waals surface area contributed by atoms with Crippen molar-refractivity contribution in [2.75, 3.05) is 24.5 Å². The van der Waals surface area contributed by atoms with Crippen LogP contribution in [0.1, 0.15) is 12.5 Å². The Labute approximate surface area is 94.7 Å². The first-order valence-electron chi connectivity index (χ1n) is 5.14. The standard InChI is InChI=1S/C10H15ClN4/c1-7-5-13-10(14-9(7)11)15-4-3-12-8(2)6-15/h5,8,12H,3-4,6H2,1-2H3/t8-/m1/s1. The van der Waals surface area contributed by atoms with Crippen LogP contribution < -0.4 is 10.2 Å². The summed E-state index contributed by atoms with van der Waals surface area (Å²) < 4.78 is 0. The molecule has 1 N–H and O–H groups in total. The molecule has 0 aliphatic carbocycles. The lowest BCUT2D eigenvalue weighted by Crippen LogP contribution is -2.49. The van der Waals surface area contributed by atoms with E-state index in [1.807, 2.05) is 6.92 Å². The van der Waals surface area contributed by atoms with Crippen molar-refractivity contribution in [1.82, 2.24) is 15.3 Å². The number of piperazine rings is 1. The van der Waals surface area contributed by atoms with E-state index in [2.05, 4.69) is 27.1 Å². The van der Waals surface area contributed by atoms with Gasteiger partial charge in [-0.2, -0.15) is 0 Å². The fourth-order valence-electron chi connectivity index (χ4n) is 1.68. The van der Waals surface area contributed by atoms with Crippen LogP contribution in [0.25, 0.3) is 0 Å². The lowest BCUT2D eigenvalue weighted by atomic mass is 10.2. The Kier molecular flexibility index (Phi) is 3.07. The van der Waals surface area contributed by atoms with Crippen LogP contribution in [0.15, 0.2) is 6.20 Å². The second-order valence-corrected chi connectivity index (χ2v) is 4.30. The zero-order valence-electron chi connectivity index (χ0n) is 9.00. The predicted molar refractivity (Wildman–Crippen MR) is 61.5 cm³/mol. The highest BCUT2D eigenvalue weighted by molar-refractivity contribution is 6.30. The van der Waals surface area contributed by atoms with Crippen molar-refractivity contribution in [3.8, 4) is 0 Å². The Morgan fingerprint density at radius 3 is 3.07 bits per heavy atom. The Bertz CT molecular complexity index is 355. The topological polar surface area (TPSA) is 41.1 Å². The van der Waals surface area contributed by atoms with Gasteiger partial charge in [-0.05, 0) is 13.8 Å². The average Bonchev–Trinajstić information content (AvgIpc) is 2.22. The maximum Gasteiger partial charge on any atom is 0.226 e. The Balaban J connectivity index is 2.18. The fourth-order valence-corrected chi connectivity index (χ4v) is 1.80. The molecule has 1 aliphatic rings. The molecule has 15 heavy (non-hydrogen) atoms. The van der Waals surface area contributed by atoms with E-state index >= 15 is 0 Å². The highest BCUT2D eigenvalue weighted by Crippen LogP contribution is 2.16. The molecule has 1 aliphatic heterocycles. The number of aromatic nitrogens is 2. The van der Waals surface area contributed by atoms with Crippen LogP contribution in [0.2, 0.25) is 5.15 Å². The average molecular weight is 227 g/mol. The van der Waals surface area contributed by atoms with Crippen molar-refractivity contribution in [2.24, 2.45) is 0 Å². The molecule has 1 aromatic rings. The molecule has 1 atom stereocenters. The zero-order chi connectivity index (χ0) is 10.8. The third kappa shape index (κ3) is 2.38. The SMILES string of the molecule is Cc1cnc(N2CCN[C@H](C)C2)nc1Cl. The summed E-state index contributed by atoms with van der Waals surface area (Å²) >= 11 is 5.98. The number of rotatable bonds is 1. The van der Waals surface area contributed by atoms with Gasteiger partial charge < -0.3 is 10.2 Å². The fraction of sp³-hybridized carbons (Fsp3) is 0.600. The number of nitrogens with zero attached hydrogens (tertiary/aromatic N) is 3. The van der Waals surface area contributed by atoms with Gasteiger partial charge in [0.1, 0.15) is 5.15 Å². The van der Waals surface area contributed by atoms with Gasteiger partial charge in [0, 0.05) is 37.4 Å². The van der Waals surface area contributed by atoms with E-state index in [-0.39, 0.29) is 0 Å². The van der Waals surface area contributed by atoms with Gasteiger partial charge in [0.05, 0.1) is 0 Å². The van der Waals surface area contributed by atoms with Gasteiger partial charge in [-0.25, -0.2) is 9.97 Å². The molecule has 0 aromatic carbocycles. The molecule has 5 heteroatoms. The van der Waals surface area contributed by atoms with E-state index in [9.17, 15) is 0 Å². The summed E-state index contributed by atoms with van der Waals surface area (Å²) in [5.74, 6) is 0.735. The van der Waals surface area contributed by atoms with Crippen molar-refractivity contribution in [1.29, 1.82) is 0 Å². The highest BCUT2D eigenvalue weighted by Gasteiger charge is 2.18. The van der Waals surface area contributed by atoms with Crippen molar-refractivity contribution in [3.05, 3.63) is 16.9 Å². The van der Waals surface area contributed by atoms with E-state index in [0.717, 1.165) is 31.1 Å². The minimum absolute atomic E-state index is 0.474. The van der Waals surface area contributed by atoms with E-state index in [1.54, 1.807) is 6.20 Å². The minimum Gasteiger partial charge on any atom is -0.338 e. The molecule has 4 nitrogen and oxygen atoms in total. The van der Waals surface area contributed by atoms with Crippen LogP contribution in [0.5, 0.6) is 0 Å². The van der Waals surface area contributed by atoms with Gasteiger partial charge in [0.15, 0.2) is 0 Å². The second kappa shape index (κ2) is 4.33. The van der Waals surface area contributed by atoms with E-state index in [0.29, 0.717) is 11.2 Å². The number of halogens is 1. The van der Waals surface area contributed by atoms with Gasteiger partial charge in [0.25, 0.3) is 0 Å². The zero-order valence-corrected chi connectivity index (χ0v) is 9.75. The summed E-state index contributed by atoms with van der Waals surface area (Å²) in [6, 6.07) is 0.474. The molecule has 0 amide bonds. The first-order valence-corrected chi connectivity index (χ1v) is 5.52. The lowest BCUT2D eigenvalue weighted by molar-refractivity contribution is 0.479. The largest absolute Gasteiger partial charge is 0.338 e. The number of nitrogens with one attached hydrogen (secondary N) is 1. The molecule has 0 bridgehead atoms. The summed E-state index contributed by atoms with van der Waals surface area (Å²) in [5.41, 5.74) is 0.920. The summed E-state index contributed by atoms with van der Waals surface area (Å²) in [6.45, 7) is 6.90. The van der Waals surface area contributed by atoms with Gasteiger partial charge in [-0.3, -0.25) is 0 Å². The number of anilines is 1. The Morgan fingerprint density at radius 2 is 2.40 bits per heavy atom. The molecule has 2 rings (SSSR count). The number of aryl methyl sites for hydroxylation is 1. The van der Waals surface area contributed by atoms with Crippen molar-refractivity contribution in [3.63, 3.8) is 0 Å². The highest BCUT2D eigenvalue weighted by atomic mass is 35.5. The second-order valence-electron chi connectivity index (χ2n) is 3.95. The van der Waals surface area contributed by atoms with Crippen molar-refractivity contribution < 1.29 is 0 Å². The molecule has 1 aromatic heterocycles. The molecule has 0 radical (unpaired) electrons. The molecule has 1 fully saturated rings. The molecule has 2 heterocycles. The third-order valence-corrected chi connectivity index (χ3v) is 2.93. The summed E-state index contributed by atoms with van der Waals surface area (Å²) in [7, 11) is 0. The minimum atomic E-state index is 0.474. The van der Waals surface area contributed by atoms with Crippen LogP contribution in [0.4, 0.5) is 5.95 Å². The van der Waals surface area contributed by atoms with Crippen molar-refractivity contribution >= 4 is 17.5 Å². The number of hydrogen-bond donors (Lipinski definition) is 1. The van der Waals surface area contributed by atoms with Gasteiger partial charge in [0.2, 0.25) is 5.95 Å². The summed E-state index contributed by atoms with van der Waals surface area (Å²) in [5, 5.41) is 3.92. The molecule has 1 saturated heterocycles. The maximum atomic E-state index is 5.98. The lowest BCUT2D eigenvalue weighted by Gasteiger charge is -2.31. The maximum absolute atomic E-state index is 5.98. The van der Waals surface area contributed by atoms with Gasteiger partial charge >= 0.3 is 0 Å². The van der Waals surface area contributed by atoms with E-state index in [4.69, 9.17) is 11.6 Å². The first-order chi connectivity index (χ1) is 7.16. The third-order valence-electron chi connectivity index (χ3n) is 2.55. The quantitative estimate of drug-likeness (QED) is 0.732. The first kappa shape index (κ1) is 10.6. The summed E-state index contributed by atoms with van der Waals surface area (Å²) in [6.07, 6.45) is 1.78. The smallest absolute Gasteiger partial charge is 0.226 e. The number of hydrogen-bond acceptors (Lipinski definition) is 4. The molecular weight excluding hydrogens is 212 g/mol. The summed E-state index contributed by atoms with van der Waals surface area (Å²) in [4.78, 5) is 10.7. The van der Waals surface area contributed by atoms with Crippen LogP contribution in [0.3, 0.4) is 0 Å². The van der Waals surface area contributed by atoms with Crippen molar-refractivity contribution in [2.45, 2.75) is 19.9 Å². The van der Waals surface area contributed by atoms with E-state index in [1.165, 1.54) is 0 Å². The van der Waals surface area contributed by atoms with Crippen LogP contribution in [0, 0.1) is 6.92 Å². The Hall–Kier alpha value is -0.870. The molecule has 0 saturated carbocycles. The predicted octanol–water partition coefficient (Wildman–Crippen LogP) is 1.24. The molecule has 0 unspecified atom stereocenters. The monoisotopic (exact) mass is 226 g/mol. The molecular formula is C10H15ClN4. The van der Waals surface area contributed by atoms with Crippen LogP contribution >= 0.6 is 11.6 Å². The van der Waals surface area contributed by atoms with Gasteiger partial charge in [-0.1, -0.05) is 11.6 Å². The normalized spacial score (nSPS) is 21.8. The van der Waals surface area contributed by atoms with E-state index < -0.39 is 0 Å². The van der Waals surface area contributed by atoms with Crippen LogP contribution in [-0.4, -0.2) is 35.6 Å². The molecule has 82 valence electrons. The van der Waals surface area contributed by atoms with Gasteiger partial charge in [-0.15, -0.1) is 0 Å². The van der Waals surface area contributed by atoms with Crippen LogP contribution in [-0.2, 0) is 0 Å².